The number of hydrogen-bond acceptors (Lipinski definition) is 7. The van der Waals surface area contributed by atoms with Crippen LogP contribution in [0.25, 0.3) is 11.1 Å². The molecule has 2 aromatic carbocycles. The number of fused-ring (bicyclic) bond motifs is 4. The van der Waals surface area contributed by atoms with Crippen LogP contribution in [-0.2, 0) is 10.0 Å². The lowest BCUT2D eigenvalue weighted by molar-refractivity contribution is 0.415. The summed E-state index contributed by atoms with van der Waals surface area (Å²) in [5.74, 6) is 1.78. The molecule has 0 radical (unpaired) electrons. The number of anilines is 3. The molecule has 0 fully saturated rings. The fraction of sp³-hybridized carbons (Fsp3) is 0.200. The third-order valence-electron chi connectivity index (χ3n) is 4.51. The molecular weight excluding hydrogens is 390 g/mol. The topological polar surface area (TPSA) is 105 Å². The molecule has 150 valence electrons. The number of aromatic nitrogens is 2. The highest BCUT2D eigenvalue weighted by Gasteiger charge is 2.16. The van der Waals surface area contributed by atoms with Crippen molar-refractivity contribution in [2.75, 3.05) is 30.8 Å². The molecule has 3 N–H and O–H groups in total. The Labute approximate surface area is 169 Å². The van der Waals surface area contributed by atoms with Crippen LogP contribution in [0.2, 0.25) is 0 Å². The van der Waals surface area contributed by atoms with Crippen LogP contribution in [0.5, 0.6) is 5.75 Å². The zero-order valence-corrected chi connectivity index (χ0v) is 16.7. The van der Waals surface area contributed by atoms with Gasteiger partial charge in [0.15, 0.2) is 0 Å². The van der Waals surface area contributed by atoms with Crippen molar-refractivity contribution in [2.45, 2.75) is 11.3 Å². The van der Waals surface area contributed by atoms with Gasteiger partial charge >= 0.3 is 0 Å². The third kappa shape index (κ3) is 4.30. The lowest BCUT2D eigenvalue weighted by Gasteiger charge is -2.13. The van der Waals surface area contributed by atoms with E-state index in [-0.39, 0.29) is 4.90 Å². The molecule has 0 saturated heterocycles. The number of sulfonamides is 1. The van der Waals surface area contributed by atoms with Crippen LogP contribution in [0.1, 0.15) is 6.42 Å². The summed E-state index contributed by atoms with van der Waals surface area (Å²) >= 11 is 0. The fourth-order valence-electron chi connectivity index (χ4n) is 3.03. The first-order valence-electron chi connectivity index (χ1n) is 9.17. The summed E-state index contributed by atoms with van der Waals surface area (Å²) < 4.78 is 32.8. The van der Waals surface area contributed by atoms with Gasteiger partial charge in [0.25, 0.3) is 0 Å². The summed E-state index contributed by atoms with van der Waals surface area (Å²) in [5.41, 5.74) is 2.34. The summed E-state index contributed by atoms with van der Waals surface area (Å²) in [7, 11) is -1.94. The standard InChI is InChI=1S/C20H21N5O3S/c1-28-16-7-2-5-14(11-16)18-13-22-20-24-15-6-3-8-17(12-15)29(26,27)23-10-4-9-21-19(18)25-20/h2-3,5-8,11-13,23H,4,9-10H2,1H3,(H2,21,22,24,25). The smallest absolute Gasteiger partial charge is 0.240 e. The van der Waals surface area contributed by atoms with Gasteiger partial charge in [0, 0.05) is 30.5 Å². The van der Waals surface area contributed by atoms with E-state index < -0.39 is 10.0 Å². The number of hydrogen-bond donors (Lipinski definition) is 3. The highest BCUT2D eigenvalue weighted by Crippen LogP contribution is 2.30. The van der Waals surface area contributed by atoms with Gasteiger partial charge in [-0.15, -0.1) is 0 Å². The quantitative estimate of drug-likeness (QED) is 0.595. The second kappa shape index (κ2) is 8.06. The summed E-state index contributed by atoms with van der Waals surface area (Å²) in [5, 5.41) is 6.38. The van der Waals surface area contributed by atoms with Crippen molar-refractivity contribution < 1.29 is 13.2 Å². The van der Waals surface area contributed by atoms with E-state index in [1.807, 2.05) is 24.3 Å². The number of nitrogens with zero attached hydrogens (tertiary/aromatic N) is 2. The van der Waals surface area contributed by atoms with Gasteiger partial charge in [-0.25, -0.2) is 18.1 Å². The number of ether oxygens (including phenoxy) is 1. The lowest BCUT2D eigenvalue weighted by atomic mass is 10.1. The fourth-order valence-corrected chi connectivity index (χ4v) is 4.15. The predicted molar refractivity (Wildman–Crippen MR) is 112 cm³/mol. The first-order chi connectivity index (χ1) is 14.0. The average molecular weight is 411 g/mol. The van der Waals surface area contributed by atoms with E-state index in [0.717, 1.165) is 16.9 Å². The molecule has 9 heteroatoms. The third-order valence-corrected chi connectivity index (χ3v) is 5.97. The predicted octanol–water partition coefficient (Wildman–Crippen LogP) is 2.99. The van der Waals surface area contributed by atoms with E-state index in [1.54, 1.807) is 37.6 Å². The molecule has 1 aliphatic rings. The zero-order valence-electron chi connectivity index (χ0n) is 15.8. The van der Waals surface area contributed by atoms with E-state index in [9.17, 15) is 8.42 Å². The molecule has 4 bridgehead atoms. The first-order valence-corrected chi connectivity index (χ1v) is 10.7. The van der Waals surface area contributed by atoms with E-state index in [2.05, 4.69) is 25.3 Å². The number of rotatable bonds is 2. The van der Waals surface area contributed by atoms with Crippen LogP contribution >= 0.6 is 0 Å². The zero-order chi connectivity index (χ0) is 20.3. The normalized spacial score (nSPS) is 15.6. The van der Waals surface area contributed by atoms with E-state index in [4.69, 9.17) is 4.74 Å². The van der Waals surface area contributed by atoms with Gasteiger partial charge < -0.3 is 15.4 Å². The molecule has 8 nitrogen and oxygen atoms in total. The molecule has 1 aliphatic heterocycles. The van der Waals surface area contributed by atoms with Gasteiger partial charge in [-0.05, 0) is 42.3 Å². The van der Waals surface area contributed by atoms with Crippen LogP contribution in [0, 0.1) is 0 Å². The van der Waals surface area contributed by atoms with Crippen molar-refractivity contribution >= 4 is 27.5 Å². The monoisotopic (exact) mass is 411 g/mol. The van der Waals surface area contributed by atoms with Gasteiger partial charge in [0.2, 0.25) is 16.0 Å². The highest BCUT2D eigenvalue weighted by atomic mass is 32.2. The molecule has 0 spiro atoms. The van der Waals surface area contributed by atoms with Gasteiger partial charge in [0.1, 0.15) is 11.6 Å². The van der Waals surface area contributed by atoms with Gasteiger partial charge in [-0.1, -0.05) is 18.2 Å². The van der Waals surface area contributed by atoms with E-state index in [1.165, 1.54) is 0 Å². The van der Waals surface area contributed by atoms with Crippen molar-refractivity contribution in [3.05, 3.63) is 54.7 Å². The van der Waals surface area contributed by atoms with Crippen LogP contribution in [0.3, 0.4) is 0 Å². The number of nitrogens with one attached hydrogen (secondary N) is 3. The molecular formula is C20H21N5O3S. The molecule has 1 aromatic heterocycles. The molecule has 3 aromatic rings. The minimum absolute atomic E-state index is 0.197. The Balaban J connectivity index is 1.74. The molecule has 4 rings (SSSR count). The second-order valence-electron chi connectivity index (χ2n) is 6.52. The van der Waals surface area contributed by atoms with E-state index in [0.29, 0.717) is 37.0 Å². The maximum absolute atomic E-state index is 12.5. The first kappa shape index (κ1) is 19.2. The van der Waals surface area contributed by atoms with Crippen LogP contribution in [0.15, 0.2) is 59.6 Å². The summed E-state index contributed by atoms with van der Waals surface area (Å²) in [6.07, 6.45) is 2.34. The van der Waals surface area contributed by atoms with Crippen LogP contribution < -0.4 is 20.1 Å². The van der Waals surface area contributed by atoms with Crippen LogP contribution in [0.4, 0.5) is 17.5 Å². The largest absolute Gasteiger partial charge is 0.497 e. The second-order valence-corrected chi connectivity index (χ2v) is 8.29. The van der Waals surface area contributed by atoms with Gasteiger partial charge in [-0.2, -0.15) is 4.98 Å². The summed E-state index contributed by atoms with van der Waals surface area (Å²) in [4.78, 5) is 9.23. The van der Waals surface area contributed by atoms with Crippen molar-refractivity contribution in [2.24, 2.45) is 0 Å². The Bertz CT molecular complexity index is 1130. The van der Waals surface area contributed by atoms with Crippen molar-refractivity contribution in [1.29, 1.82) is 0 Å². The molecule has 0 aliphatic carbocycles. The summed E-state index contributed by atoms with van der Waals surface area (Å²) in [6, 6.07) is 14.2. The summed E-state index contributed by atoms with van der Waals surface area (Å²) in [6.45, 7) is 0.868. The average Bonchev–Trinajstić information content (AvgIpc) is 2.74. The van der Waals surface area contributed by atoms with Crippen molar-refractivity contribution in [3.63, 3.8) is 0 Å². The Morgan fingerprint density at radius 2 is 1.93 bits per heavy atom. The molecule has 2 heterocycles. The minimum atomic E-state index is -3.57. The Morgan fingerprint density at radius 1 is 1.07 bits per heavy atom. The highest BCUT2D eigenvalue weighted by molar-refractivity contribution is 7.89. The SMILES string of the molecule is COc1cccc(-c2cnc3nc2NCCCNS(=O)(=O)c2cccc(c2)N3)c1. The molecule has 29 heavy (non-hydrogen) atoms. The Hall–Kier alpha value is -3.17. The molecule has 0 atom stereocenters. The number of benzene rings is 2. The Morgan fingerprint density at radius 3 is 2.79 bits per heavy atom. The van der Waals surface area contributed by atoms with Gasteiger partial charge in [-0.3, -0.25) is 0 Å². The maximum Gasteiger partial charge on any atom is 0.240 e. The minimum Gasteiger partial charge on any atom is -0.497 e. The lowest BCUT2D eigenvalue weighted by Crippen LogP contribution is -2.26. The van der Waals surface area contributed by atoms with Gasteiger partial charge in [0.05, 0.1) is 12.0 Å². The molecule has 0 unspecified atom stereocenters. The van der Waals surface area contributed by atoms with Crippen molar-refractivity contribution in [3.8, 4) is 16.9 Å². The molecule has 0 saturated carbocycles. The number of methoxy groups -OCH3 is 1. The Kier molecular flexibility index (Phi) is 5.32. The van der Waals surface area contributed by atoms with E-state index >= 15 is 0 Å². The maximum atomic E-state index is 12.5. The van der Waals surface area contributed by atoms with Crippen LogP contribution in [-0.4, -0.2) is 38.6 Å². The molecule has 0 amide bonds. The van der Waals surface area contributed by atoms with Crippen molar-refractivity contribution in [1.82, 2.24) is 14.7 Å².